The van der Waals surface area contributed by atoms with E-state index in [1.165, 1.54) is 46.3 Å². The van der Waals surface area contributed by atoms with Crippen molar-refractivity contribution in [2.45, 2.75) is 32.6 Å². The molecule has 3 heterocycles. The summed E-state index contributed by atoms with van der Waals surface area (Å²) in [5.74, 6) is 0. The van der Waals surface area contributed by atoms with Crippen LogP contribution >= 0.6 is 22.7 Å². The maximum Gasteiger partial charge on any atom is 0.124 e. The molecule has 4 rings (SSSR count). The smallest absolute Gasteiger partial charge is 0.124 e. The van der Waals surface area contributed by atoms with Crippen molar-refractivity contribution in [1.29, 1.82) is 0 Å². The van der Waals surface area contributed by atoms with Crippen LogP contribution in [0.1, 0.15) is 29.0 Å². The molecule has 0 atom stereocenters. The van der Waals surface area contributed by atoms with Gasteiger partial charge in [0.05, 0.1) is 0 Å². The second-order valence-electron chi connectivity index (χ2n) is 5.07. The van der Waals surface area contributed by atoms with Crippen molar-refractivity contribution in [3.05, 3.63) is 39.7 Å². The van der Waals surface area contributed by atoms with Gasteiger partial charge in [0.2, 0.25) is 0 Å². The third kappa shape index (κ3) is 1.84. The molecule has 0 bridgehead atoms. The molecule has 0 saturated heterocycles. The van der Waals surface area contributed by atoms with Gasteiger partial charge in [0.1, 0.15) is 4.83 Å². The molecular formula is C16H14NS2. The highest BCUT2D eigenvalue weighted by molar-refractivity contribution is 7.19. The minimum atomic E-state index is 1.01. The maximum atomic E-state index is 4.72. The molecule has 0 aromatic carbocycles. The summed E-state index contributed by atoms with van der Waals surface area (Å²) in [7, 11) is 0. The van der Waals surface area contributed by atoms with Gasteiger partial charge in [-0.25, -0.2) is 4.98 Å². The van der Waals surface area contributed by atoms with Crippen LogP contribution in [0, 0.1) is 13.0 Å². The van der Waals surface area contributed by atoms with E-state index in [4.69, 9.17) is 4.98 Å². The molecule has 1 nitrogen and oxygen atoms in total. The second kappa shape index (κ2) is 4.43. The summed E-state index contributed by atoms with van der Waals surface area (Å²) in [5, 5.41) is 3.52. The Hall–Kier alpha value is -1.19. The van der Waals surface area contributed by atoms with Crippen molar-refractivity contribution in [2.24, 2.45) is 0 Å². The number of thiophene rings is 2. The fourth-order valence-corrected chi connectivity index (χ4v) is 4.97. The Morgan fingerprint density at radius 1 is 1.26 bits per heavy atom. The summed E-state index contributed by atoms with van der Waals surface area (Å²) in [4.78, 5) is 8.81. The first kappa shape index (κ1) is 11.6. The van der Waals surface area contributed by atoms with Gasteiger partial charge >= 0.3 is 0 Å². The number of aromatic nitrogens is 1. The van der Waals surface area contributed by atoms with E-state index >= 15 is 0 Å². The van der Waals surface area contributed by atoms with Gasteiger partial charge < -0.3 is 0 Å². The van der Waals surface area contributed by atoms with Crippen LogP contribution in [0.15, 0.2) is 17.5 Å². The number of hydrogen-bond donors (Lipinski definition) is 0. The van der Waals surface area contributed by atoms with Gasteiger partial charge in [-0.05, 0) is 49.6 Å². The van der Waals surface area contributed by atoms with E-state index in [1.807, 2.05) is 11.3 Å². The average Bonchev–Trinajstić information content (AvgIpc) is 3.04. The Bertz CT molecular complexity index is 738. The highest BCUT2D eigenvalue weighted by atomic mass is 32.1. The number of rotatable bonds is 1. The van der Waals surface area contributed by atoms with Gasteiger partial charge in [-0.3, -0.25) is 0 Å². The van der Waals surface area contributed by atoms with Crippen LogP contribution in [0.3, 0.4) is 0 Å². The standard InChI is InChI=1S/C16H14NS2/c1-10-9-12(13-7-4-8-18-13)15-11-5-2-3-6-14(11)19-16(15)17-10/h4,7-8H,2-3,5-6H2,1H3. The van der Waals surface area contributed by atoms with Gasteiger partial charge in [0, 0.05) is 32.5 Å². The van der Waals surface area contributed by atoms with E-state index in [-0.39, 0.29) is 0 Å². The summed E-state index contributed by atoms with van der Waals surface area (Å²) in [6.07, 6.45) is 5.10. The molecule has 95 valence electrons. The zero-order chi connectivity index (χ0) is 12.8. The van der Waals surface area contributed by atoms with Gasteiger partial charge in [0.15, 0.2) is 0 Å². The van der Waals surface area contributed by atoms with Crippen molar-refractivity contribution < 1.29 is 0 Å². The minimum absolute atomic E-state index is 1.01. The fraction of sp³-hybridized carbons (Fsp3) is 0.312. The zero-order valence-corrected chi connectivity index (χ0v) is 12.5. The molecule has 0 unspecified atom stereocenters. The lowest BCUT2D eigenvalue weighted by Gasteiger charge is -2.11. The third-order valence-electron chi connectivity index (χ3n) is 3.75. The Kier molecular flexibility index (Phi) is 2.71. The number of nitrogens with zero attached hydrogens (tertiary/aromatic N) is 1. The molecule has 19 heavy (non-hydrogen) atoms. The zero-order valence-electron chi connectivity index (χ0n) is 10.8. The molecular weight excluding hydrogens is 270 g/mol. The van der Waals surface area contributed by atoms with E-state index in [1.54, 1.807) is 21.8 Å². The Morgan fingerprint density at radius 2 is 2.16 bits per heavy atom. The first-order valence-electron chi connectivity index (χ1n) is 6.71. The van der Waals surface area contributed by atoms with Crippen LogP contribution in [0.2, 0.25) is 0 Å². The number of hydrogen-bond acceptors (Lipinski definition) is 3. The first-order chi connectivity index (χ1) is 9.33. The van der Waals surface area contributed by atoms with Gasteiger partial charge in [-0.15, -0.1) is 22.7 Å². The third-order valence-corrected chi connectivity index (χ3v) is 5.82. The van der Waals surface area contributed by atoms with Crippen LogP contribution in [0.5, 0.6) is 0 Å². The Labute approximate surface area is 120 Å². The molecule has 1 aliphatic carbocycles. The molecule has 0 spiro atoms. The molecule has 0 fully saturated rings. The normalized spacial score (nSPS) is 14.8. The topological polar surface area (TPSA) is 12.9 Å². The molecule has 3 aromatic heterocycles. The average molecular weight is 284 g/mol. The monoisotopic (exact) mass is 284 g/mol. The van der Waals surface area contributed by atoms with E-state index in [2.05, 4.69) is 30.5 Å². The Morgan fingerprint density at radius 3 is 3.00 bits per heavy atom. The van der Waals surface area contributed by atoms with Crippen molar-refractivity contribution in [3.8, 4) is 10.4 Å². The van der Waals surface area contributed by atoms with E-state index < -0.39 is 0 Å². The SMILES string of the molecule is Cc1[c]c(-c2cccs2)c2c3c(sc2n1)CCCC3. The summed E-state index contributed by atoms with van der Waals surface area (Å²) in [6.45, 7) is 2.05. The summed E-state index contributed by atoms with van der Waals surface area (Å²) in [5.41, 5.74) is 3.84. The van der Waals surface area contributed by atoms with Crippen molar-refractivity contribution in [2.75, 3.05) is 0 Å². The number of aryl methyl sites for hydroxylation is 3. The number of pyridine rings is 1. The van der Waals surface area contributed by atoms with Crippen LogP contribution < -0.4 is 0 Å². The second-order valence-corrected chi connectivity index (χ2v) is 7.10. The van der Waals surface area contributed by atoms with Crippen LogP contribution in [0.4, 0.5) is 0 Å². The highest BCUT2D eigenvalue weighted by Gasteiger charge is 2.20. The van der Waals surface area contributed by atoms with Gasteiger partial charge in [0.25, 0.3) is 0 Å². The van der Waals surface area contributed by atoms with Gasteiger partial charge in [-0.1, -0.05) is 6.07 Å². The van der Waals surface area contributed by atoms with E-state index in [9.17, 15) is 0 Å². The largest absolute Gasteiger partial charge is 0.242 e. The molecule has 0 saturated carbocycles. The Balaban J connectivity index is 2.08. The van der Waals surface area contributed by atoms with E-state index in [0.717, 1.165) is 5.69 Å². The van der Waals surface area contributed by atoms with Crippen LogP contribution in [0.25, 0.3) is 20.7 Å². The fourth-order valence-electron chi connectivity index (χ4n) is 2.92. The molecule has 0 amide bonds. The van der Waals surface area contributed by atoms with Crippen molar-refractivity contribution in [1.82, 2.24) is 4.98 Å². The summed E-state index contributed by atoms with van der Waals surface area (Å²) < 4.78 is 0. The molecule has 1 radical (unpaired) electrons. The number of fused-ring (bicyclic) bond motifs is 3. The quantitative estimate of drug-likeness (QED) is 0.612. The minimum Gasteiger partial charge on any atom is -0.242 e. The summed E-state index contributed by atoms with van der Waals surface area (Å²) >= 11 is 3.70. The highest BCUT2D eigenvalue weighted by Crippen LogP contribution is 2.41. The lowest BCUT2D eigenvalue weighted by molar-refractivity contribution is 0.700. The first-order valence-corrected chi connectivity index (χ1v) is 8.40. The predicted molar refractivity (Wildman–Crippen MR) is 83.1 cm³/mol. The molecule has 3 aromatic rings. The molecule has 1 aliphatic rings. The summed E-state index contributed by atoms with van der Waals surface area (Å²) in [6, 6.07) is 7.81. The molecule has 3 heteroatoms. The van der Waals surface area contributed by atoms with Crippen molar-refractivity contribution in [3.63, 3.8) is 0 Å². The molecule has 0 aliphatic heterocycles. The van der Waals surface area contributed by atoms with E-state index in [0.29, 0.717) is 0 Å². The van der Waals surface area contributed by atoms with Crippen LogP contribution in [-0.2, 0) is 12.8 Å². The maximum absolute atomic E-state index is 4.72. The molecule has 0 N–H and O–H groups in total. The van der Waals surface area contributed by atoms with Crippen LogP contribution in [-0.4, -0.2) is 4.98 Å². The predicted octanol–water partition coefficient (Wildman–Crippen LogP) is 5.01. The van der Waals surface area contributed by atoms with Crippen molar-refractivity contribution >= 4 is 32.9 Å². The lowest BCUT2D eigenvalue weighted by atomic mass is 9.94. The lowest BCUT2D eigenvalue weighted by Crippen LogP contribution is -1.98. The van der Waals surface area contributed by atoms with Gasteiger partial charge in [-0.2, -0.15) is 0 Å².